The molecule has 1 rings (SSSR count). The van der Waals surface area contributed by atoms with Crippen LogP contribution in [0.1, 0.15) is 46.0 Å². The summed E-state index contributed by atoms with van der Waals surface area (Å²) >= 11 is 0. The lowest BCUT2D eigenvalue weighted by Gasteiger charge is -2.24. The fourth-order valence-electron chi connectivity index (χ4n) is 1.87. The van der Waals surface area contributed by atoms with Crippen LogP contribution in [-0.4, -0.2) is 23.1 Å². The second kappa shape index (κ2) is 5.87. The van der Waals surface area contributed by atoms with E-state index in [0.29, 0.717) is 0 Å². The maximum Gasteiger partial charge on any atom is 0.309 e. The molecule has 1 fully saturated rings. The van der Waals surface area contributed by atoms with Crippen molar-refractivity contribution in [3.05, 3.63) is 0 Å². The Morgan fingerprint density at radius 3 is 2.19 bits per heavy atom. The molecule has 4 heteroatoms. The van der Waals surface area contributed by atoms with Gasteiger partial charge in [-0.15, -0.1) is 0 Å². The zero-order valence-corrected chi connectivity index (χ0v) is 9.94. The molecule has 0 spiro atoms. The number of ether oxygens (including phenoxy) is 1. The number of carbonyl (C=O) groups excluding carboxylic acids is 1. The highest BCUT2D eigenvalue weighted by Crippen LogP contribution is 2.22. The molecular weight excluding hydrogens is 208 g/mol. The molecule has 92 valence electrons. The minimum absolute atomic E-state index is 0.00435. The summed E-state index contributed by atoms with van der Waals surface area (Å²) in [5, 5.41) is 8.80. The summed E-state index contributed by atoms with van der Waals surface area (Å²) in [6.07, 6.45) is 5.24. The van der Waals surface area contributed by atoms with E-state index >= 15 is 0 Å². The van der Waals surface area contributed by atoms with Gasteiger partial charge in [-0.2, -0.15) is 0 Å². The van der Waals surface area contributed by atoms with Gasteiger partial charge in [0.1, 0.15) is 6.10 Å². The van der Waals surface area contributed by atoms with Crippen molar-refractivity contribution in [3.8, 4) is 0 Å². The largest absolute Gasteiger partial charge is 0.481 e. The van der Waals surface area contributed by atoms with Crippen molar-refractivity contribution in [3.63, 3.8) is 0 Å². The molecule has 0 amide bonds. The van der Waals surface area contributed by atoms with Gasteiger partial charge in [0, 0.05) is 0 Å². The van der Waals surface area contributed by atoms with Gasteiger partial charge >= 0.3 is 11.9 Å². The first-order valence-corrected chi connectivity index (χ1v) is 5.95. The zero-order valence-electron chi connectivity index (χ0n) is 9.94. The molecule has 0 aromatic carbocycles. The highest BCUT2D eigenvalue weighted by atomic mass is 16.5. The minimum atomic E-state index is -0.951. The van der Waals surface area contributed by atoms with Crippen LogP contribution in [0.15, 0.2) is 0 Å². The van der Waals surface area contributed by atoms with Crippen molar-refractivity contribution in [1.82, 2.24) is 0 Å². The Morgan fingerprint density at radius 2 is 1.69 bits per heavy atom. The molecule has 1 N–H and O–H groups in total. The summed E-state index contributed by atoms with van der Waals surface area (Å²) in [6, 6.07) is 0. The van der Waals surface area contributed by atoms with Gasteiger partial charge in [-0.1, -0.05) is 20.3 Å². The second-order valence-electron chi connectivity index (χ2n) is 4.61. The lowest BCUT2D eigenvalue weighted by Crippen LogP contribution is -2.30. The fraction of sp³-hybridized carbons (Fsp3) is 0.833. The van der Waals surface area contributed by atoms with Crippen molar-refractivity contribution in [2.75, 3.05) is 0 Å². The van der Waals surface area contributed by atoms with Gasteiger partial charge in [-0.25, -0.2) is 0 Å². The van der Waals surface area contributed by atoms with Crippen molar-refractivity contribution in [2.45, 2.75) is 52.1 Å². The Labute approximate surface area is 96.0 Å². The van der Waals surface area contributed by atoms with Crippen LogP contribution in [0, 0.1) is 11.8 Å². The second-order valence-corrected chi connectivity index (χ2v) is 4.61. The molecule has 2 atom stereocenters. The van der Waals surface area contributed by atoms with E-state index in [2.05, 4.69) is 0 Å². The maximum atomic E-state index is 11.7. The van der Waals surface area contributed by atoms with Crippen molar-refractivity contribution in [1.29, 1.82) is 0 Å². The molecule has 0 radical (unpaired) electrons. The van der Waals surface area contributed by atoms with Crippen molar-refractivity contribution >= 4 is 11.9 Å². The Hall–Kier alpha value is -1.06. The Morgan fingerprint density at radius 1 is 1.12 bits per heavy atom. The van der Waals surface area contributed by atoms with E-state index < -0.39 is 17.8 Å². The lowest BCUT2D eigenvalue weighted by molar-refractivity contribution is -0.161. The summed E-state index contributed by atoms with van der Waals surface area (Å²) < 4.78 is 5.32. The van der Waals surface area contributed by atoms with Crippen LogP contribution in [0.25, 0.3) is 0 Å². The van der Waals surface area contributed by atoms with E-state index in [1.54, 1.807) is 6.92 Å². The van der Waals surface area contributed by atoms with Gasteiger partial charge in [-0.05, 0) is 25.7 Å². The molecule has 2 unspecified atom stereocenters. The minimum Gasteiger partial charge on any atom is -0.481 e. The number of hydrogen-bond donors (Lipinski definition) is 1. The summed E-state index contributed by atoms with van der Waals surface area (Å²) in [7, 11) is 0. The first-order valence-electron chi connectivity index (χ1n) is 5.95. The standard InChI is InChI=1S/C12H20O4/c1-8(11(13)14)9(2)12(15)16-10-6-4-3-5-7-10/h8-10H,3-7H2,1-2H3,(H,13,14). The van der Waals surface area contributed by atoms with Crippen LogP contribution in [-0.2, 0) is 14.3 Å². The number of aliphatic carboxylic acids is 1. The number of rotatable bonds is 4. The predicted octanol–water partition coefficient (Wildman–Crippen LogP) is 2.22. The molecule has 0 aromatic heterocycles. The van der Waals surface area contributed by atoms with Crippen molar-refractivity contribution < 1.29 is 19.4 Å². The van der Waals surface area contributed by atoms with Crippen LogP contribution >= 0.6 is 0 Å². The number of esters is 1. The van der Waals surface area contributed by atoms with E-state index in [1.165, 1.54) is 13.3 Å². The van der Waals surface area contributed by atoms with Gasteiger partial charge in [0.25, 0.3) is 0 Å². The summed E-state index contributed by atoms with van der Waals surface area (Å²) in [4.78, 5) is 22.4. The Kier molecular flexibility index (Phi) is 4.77. The Bertz CT molecular complexity index is 256. The molecule has 0 bridgehead atoms. The topological polar surface area (TPSA) is 63.6 Å². The smallest absolute Gasteiger partial charge is 0.309 e. The molecule has 1 saturated carbocycles. The molecule has 1 aliphatic rings. The third-order valence-corrected chi connectivity index (χ3v) is 3.35. The maximum absolute atomic E-state index is 11.7. The highest BCUT2D eigenvalue weighted by Gasteiger charge is 2.29. The zero-order chi connectivity index (χ0) is 12.1. The molecule has 16 heavy (non-hydrogen) atoms. The average molecular weight is 228 g/mol. The van der Waals surface area contributed by atoms with Gasteiger partial charge in [0.15, 0.2) is 0 Å². The van der Waals surface area contributed by atoms with Gasteiger partial charge < -0.3 is 9.84 Å². The van der Waals surface area contributed by atoms with E-state index in [1.807, 2.05) is 0 Å². The Balaban J connectivity index is 2.41. The number of hydrogen-bond acceptors (Lipinski definition) is 3. The molecule has 4 nitrogen and oxygen atoms in total. The van der Waals surface area contributed by atoms with E-state index in [0.717, 1.165) is 25.7 Å². The summed E-state index contributed by atoms with van der Waals surface area (Å²) in [5.74, 6) is -2.58. The van der Waals surface area contributed by atoms with Crippen LogP contribution < -0.4 is 0 Å². The van der Waals surface area contributed by atoms with Gasteiger partial charge in [0.05, 0.1) is 11.8 Å². The molecule has 0 aromatic rings. The molecule has 0 heterocycles. The quantitative estimate of drug-likeness (QED) is 0.749. The third-order valence-electron chi connectivity index (χ3n) is 3.35. The first-order chi connectivity index (χ1) is 7.52. The van der Waals surface area contributed by atoms with Crippen LogP contribution in [0.5, 0.6) is 0 Å². The van der Waals surface area contributed by atoms with E-state index in [-0.39, 0.29) is 12.1 Å². The van der Waals surface area contributed by atoms with Crippen LogP contribution in [0.4, 0.5) is 0 Å². The number of carboxylic acids is 1. The molecule has 1 aliphatic carbocycles. The highest BCUT2D eigenvalue weighted by molar-refractivity contribution is 5.80. The van der Waals surface area contributed by atoms with E-state index in [9.17, 15) is 9.59 Å². The van der Waals surface area contributed by atoms with E-state index in [4.69, 9.17) is 9.84 Å². The fourth-order valence-corrected chi connectivity index (χ4v) is 1.87. The van der Waals surface area contributed by atoms with Crippen molar-refractivity contribution in [2.24, 2.45) is 11.8 Å². The van der Waals surface area contributed by atoms with Gasteiger partial charge in [-0.3, -0.25) is 9.59 Å². The monoisotopic (exact) mass is 228 g/mol. The molecule has 0 aliphatic heterocycles. The predicted molar refractivity (Wildman–Crippen MR) is 58.9 cm³/mol. The first kappa shape index (κ1) is 13.0. The third kappa shape index (κ3) is 3.51. The molecule has 0 saturated heterocycles. The lowest BCUT2D eigenvalue weighted by atomic mass is 9.95. The summed E-state index contributed by atoms with van der Waals surface area (Å²) in [5.41, 5.74) is 0. The summed E-state index contributed by atoms with van der Waals surface area (Å²) in [6.45, 7) is 3.15. The number of carboxylic acid groups (broad SMARTS) is 1. The number of carbonyl (C=O) groups is 2. The SMILES string of the molecule is CC(C(=O)O)C(C)C(=O)OC1CCCCC1. The molecular formula is C12H20O4. The normalized spacial score (nSPS) is 21.1. The van der Waals surface area contributed by atoms with Gasteiger partial charge in [0.2, 0.25) is 0 Å². The van der Waals surface area contributed by atoms with Crippen LogP contribution in [0.2, 0.25) is 0 Å². The van der Waals surface area contributed by atoms with Crippen LogP contribution in [0.3, 0.4) is 0 Å². The average Bonchev–Trinajstić information content (AvgIpc) is 2.28.